The quantitative estimate of drug-likeness (QED) is 0.900. The molecule has 0 aliphatic heterocycles. The topological polar surface area (TPSA) is 25.2 Å². The number of furan rings is 1. The molecule has 0 spiro atoms. The summed E-state index contributed by atoms with van der Waals surface area (Å²) in [4.78, 5) is 0. The Morgan fingerprint density at radius 1 is 1.28 bits per heavy atom. The first-order valence-electron chi connectivity index (χ1n) is 6.16. The van der Waals surface area contributed by atoms with E-state index >= 15 is 0 Å². The van der Waals surface area contributed by atoms with E-state index in [2.05, 4.69) is 59.4 Å². The van der Waals surface area contributed by atoms with Gasteiger partial charge in [-0.25, -0.2) is 0 Å². The lowest BCUT2D eigenvalue weighted by atomic mass is 10.0. The highest BCUT2D eigenvalue weighted by Crippen LogP contribution is 2.17. The van der Waals surface area contributed by atoms with E-state index in [1.165, 1.54) is 11.1 Å². The van der Waals surface area contributed by atoms with Crippen LogP contribution in [0.3, 0.4) is 0 Å². The standard InChI is InChI=1S/C15H18BrNO/c1-11-5-3-4-6-13(11)9-12(2)17-10-15-14(16)7-8-18-15/h3-8,12,17H,9-10H2,1-2H3. The van der Waals surface area contributed by atoms with Crippen molar-refractivity contribution in [3.8, 4) is 0 Å². The lowest BCUT2D eigenvalue weighted by Crippen LogP contribution is -2.27. The number of hydrogen-bond donors (Lipinski definition) is 1. The normalized spacial score (nSPS) is 12.6. The average molecular weight is 308 g/mol. The molecule has 0 radical (unpaired) electrons. The van der Waals surface area contributed by atoms with E-state index in [4.69, 9.17) is 4.42 Å². The van der Waals surface area contributed by atoms with Crippen LogP contribution in [0.25, 0.3) is 0 Å². The van der Waals surface area contributed by atoms with E-state index < -0.39 is 0 Å². The summed E-state index contributed by atoms with van der Waals surface area (Å²) in [5.74, 6) is 0.951. The molecule has 0 amide bonds. The molecule has 0 saturated carbocycles. The fraction of sp³-hybridized carbons (Fsp3) is 0.333. The van der Waals surface area contributed by atoms with Crippen LogP contribution in [0.15, 0.2) is 45.5 Å². The van der Waals surface area contributed by atoms with Gasteiger partial charge >= 0.3 is 0 Å². The summed E-state index contributed by atoms with van der Waals surface area (Å²) in [7, 11) is 0. The molecular formula is C15H18BrNO. The lowest BCUT2D eigenvalue weighted by Gasteiger charge is -2.14. The van der Waals surface area contributed by atoms with Crippen molar-refractivity contribution in [2.45, 2.75) is 32.9 Å². The molecule has 0 fully saturated rings. The van der Waals surface area contributed by atoms with Crippen molar-refractivity contribution >= 4 is 15.9 Å². The SMILES string of the molecule is Cc1ccccc1CC(C)NCc1occc1Br. The Morgan fingerprint density at radius 3 is 2.72 bits per heavy atom. The van der Waals surface area contributed by atoms with E-state index in [0.717, 1.165) is 23.2 Å². The average Bonchev–Trinajstić information content (AvgIpc) is 2.75. The Morgan fingerprint density at radius 2 is 2.06 bits per heavy atom. The Balaban J connectivity index is 1.88. The summed E-state index contributed by atoms with van der Waals surface area (Å²) in [6.45, 7) is 5.11. The first-order chi connectivity index (χ1) is 8.66. The Labute approximate surface area is 117 Å². The molecule has 1 atom stereocenters. The highest BCUT2D eigenvalue weighted by Gasteiger charge is 2.08. The summed E-state index contributed by atoms with van der Waals surface area (Å²) in [6, 6.07) is 10.9. The van der Waals surface area contributed by atoms with Crippen molar-refractivity contribution in [2.75, 3.05) is 0 Å². The summed E-state index contributed by atoms with van der Waals surface area (Å²) in [5, 5.41) is 3.48. The molecule has 2 aromatic rings. The zero-order chi connectivity index (χ0) is 13.0. The molecule has 2 rings (SSSR count). The molecular weight excluding hydrogens is 290 g/mol. The van der Waals surface area contributed by atoms with Crippen molar-refractivity contribution in [1.29, 1.82) is 0 Å². The second kappa shape index (κ2) is 6.21. The van der Waals surface area contributed by atoms with Gasteiger partial charge in [0.1, 0.15) is 5.76 Å². The molecule has 18 heavy (non-hydrogen) atoms. The Hall–Kier alpha value is -1.06. The van der Waals surface area contributed by atoms with Crippen LogP contribution in [-0.4, -0.2) is 6.04 Å². The van der Waals surface area contributed by atoms with Crippen molar-refractivity contribution in [3.63, 3.8) is 0 Å². The second-order valence-electron chi connectivity index (χ2n) is 4.60. The first kappa shape index (κ1) is 13.4. The van der Waals surface area contributed by atoms with Gasteiger partial charge in [-0.3, -0.25) is 0 Å². The molecule has 0 bridgehead atoms. The maximum Gasteiger partial charge on any atom is 0.131 e. The van der Waals surface area contributed by atoms with Gasteiger partial charge in [0.2, 0.25) is 0 Å². The summed E-state index contributed by atoms with van der Waals surface area (Å²) in [6.07, 6.45) is 2.73. The number of benzene rings is 1. The predicted molar refractivity (Wildman–Crippen MR) is 77.6 cm³/mol. The Kier molecular flexibility index (Phi) is 4.61. The zero-order valence-electron chi connectivity index (χ0n) is 10.7. The van der Waals surface area contributed by atoms with Crippen LogP contribution in [0.4, 0.5) is 0 Å². The number of nitrogens with one attached hydrogen (secondary N) is 1. The molecule has 2 nitrogen and oxygen atoms in total. The van der Waals surface area contributed by atoms with Crippen LogP contribution >= 0.6 is 15.9 Å². The third-order valence-electron chi connectivity index (χ3n) is 3.09. The Bertz CT molecular complexity index is 507. The van der Waals surface area contributed by atoms with E-state index in [1.54, 1.807) is 6.26 Å². The maximum atomic E-state index is 5.38. The fourth-order valence-corrected chi connectivity index (χ4v) is 2.30. The predicted octanol–water partition coefficient (Wildman–Crippen LogP) is 4.07. The minimum Gasteiger partial charge on any atom is -0.467 e. The third-order valence-corrected chi connectivity index (χ3v) is 3.80. The highest BCUT2D eigenvalue weighted by atomic mass is 79.9. The molecule has 3 heteroatoms. The molecule has 1 heterocycles. The van der Waals surface area contributed by atoms with Crippen LogP contribution in [0.2, 0.25) is 0 Å². The smallest absolute Gasteiger partial charge is 0.131 e. The molecule has 1 aromatic carbocycles. The lowest BCUT2D eigenvalue weighted by molar-refractivity contribution is 0.451. The number of halogens is 1. The molecule has 0 saturated heterocycles. The minimum absolute atomic E-state index is 0.420. The van der Waals surface area contributed by atoms with Gasteiger partial charge in [-0.05, 0) is 53.4 Å². The molecule has 96 valence electrons. The number of rotatable bonds is 5. The van der Waals surface area contributed by atoms with Crippen LogP contribution in [0.5, 0.6) is 0 Å². The summed E-state index contributed by atoms with van der Waals surface area (Å²) < 4.78 is 6.41. The van der Waals surface area contributed by atoms with E-state index in [9.17, 15) is 0 Å². The van der Waals surface area contributed by atoms with Crippen LogP contribution < -0.4 is 5.32 Å². The van der Waals surface area contributed by atoms with Crippen molar-refractivity contribution in [1.82, 2.24) is 5.32 Å². The van der Waals surface area contributed by atoms with Gasteiger partial charge in [0.05, 0.1) is 17.3 Å². The minimum atomic E-state index is 0.420. The van der Waals surface area contributed by atoms with Crippen molar-refractivity contribution in [2.24, 2.45) is 0 Å². The summed E-state index contributed by atoms with van der Waals surface area (Å²) in [5.41, 5.74) is 2.75. The van der Waals surface area contributed by atoms with E-state index in [1.807, 2.05) is 6.07 Å². The zero-order valence-corrected chi connectivity index (χ0v) is 12.3. The molecule has 1 aromatic heterocycles. The molecule has 1 N–H and O–H groups in total. The van der Waals surface area contributed by atoms with Gasteiger partial charge in [0.25, 0.3) is 0 Å². The maximum absolute atomic E-state index is 5.38. The largest absolute Gasteiger partial charge is 0.467 e. The second-order valence-corrected chi connectivity index (χ2v) is 5.46. The van der Waals surface area contributed by atoms with Crippen molar-refractivity contribution in [3.05, 3.63) is 58.0 Å². The van der Waals surface area contributed by atoms with Gasteiger partial charge in [-0.15, -0.1) is 0 Å². The van der Waals surface area contributed by atoms with Gasteiger partial charge in [0.15, 0.2) is 0 Å². The van der Waals surface area contributed by atoms with Crippen molar-refractivity contribution < 1.29 is 4.42 Å². The first-order valence-corrected chi connectivity index (χ1v) is 6.96. The van der Waals surface area contributed by atoms with Gasteiger partial charge < -0.3 is 9.73 Å². The molecule has 1 unspecified atom stereocenters. The third kappa shape index (κ3) is 3.47. The van der Waals surface area contributed by atoms with Gasteiger partial charge in [-0.1, -0.05) is 24.3 Å². The van der Waals surface area contributed by atoms with Crippen LogP contribution in [-0.2, 0) is 13.0 Å². The van der Waals surface area contributed by atoms with Gasteiger partial charge in [-0.2, -0.15) is 0 Å². The molecule has 0 aliphatic carbocycles. The highest BCUT2D eigenvalue weighted by molar-refractivity contribution is 9.10. The van der Waals surface area contributed by atoms with Crippen LogP contribution in [0.1, 0.15) is 23.8 Å². The number of aryl methyl sites for hydroxylation is 1. The van der Waals surface area contributed by atoms with E-state index in [-0.39, 0.29) is 0 Å². The number of hydrogen-bond acceptors (Lipinski definition) is 2. The molecule has 0 aliphatic rings. The van der Waals surface area contributed by atoms with E-state index in [0.29, 0.717) is 6.04 Å². The van der Waals surface area contributed by atoms with Gasteiger partial charge in [0, 0.05) is 6.04 Å². The monoisotopic (exact) mass is 307 g/mol. The summed E-state index contributed by atoms with van der Waals surface area (Å²) >= 11 is 3.46. The fourth-order valence-electron chi connectivity index (χ4n) is 1.96. The van der Waals surface area contributed by atoms with Crippen LogP contribution in [0, 0.1) is 6.92 Å².